The standard InChI is InChI=1S/C10H16N2O4S.2C2H6/c11-9-1-3-10(4-2-9)17(15,16)12(5-7-13)6-8-14;2*1-2/h1-4,13-14H,5-8,11H2;2*1-2H3. The van der Waals surface area contributed by atoms with Gasteiger partial charge in [-0.3, -0.25) is 0 Å². The lowest BCUT2D eigenvalue weighted by molar-refractivity contribution is 0.217. The molecular weight excluding hydrogens is 292 g/mol. The molecule has 7 heteroatoms. The molecule has 0 atom stereocenters. The van der Waals surface area contributed by atoms with Gasteiger partial charge in [-0.05, 0) is 24.3 Å². The maximum atomic E-state index is 12.1. The second kappa shape index (κ2) is 12.6. The van der Waals surface area contributed by atoms with Gasteiger partial charge in [0.2, 0.25) is 10.0 Å². The zero-order chi connectivity index (χ0) is 16.9. The SMILES string of the molecule is CC.CC.Nc1ccc(S(=O)(=O)N(CCO)CCO)cc1. The molecule has 1 aromatic carbocycles. The predicted octanol–water partition coefficient (Wildman–Crippen LogP) is 1.30. The van der Waals surface area contributed by atoms with E-state index in [1.54, 1.807) is 0 Å². The highest BCUT2D eigenvalue weighted by atomic mass is 32.2. The Kier molecular flexibility index (Phi) is 13.3. The smallest absolute Gasteiger partial charge is 0.243 e. The zero-order valence-electron chi connectivity index (χ0n) is 13.3. The van der Waals surface area contributed by atoms with E-state index in [0.29, 0.717) is 5.69 Å². The van der Waals surface area contributed by atoms with Crippen LogP contribution in [0.15, 0.2) is 29.2 Å². The Balaban J connectivity index is 0. The van der Waals surface area contributed by atoms with Crippen molar-refractivity contribution >= 4 is 15.7 Å². The van der Waals surface area contributed by atoms with Crippen LogP contribution in [0.5, 0.6) is 0 Å². The summed E-state index contributed by atoms with van der Waals surface area (Å²) in [6, 6.07) is 5.77. The molecule has 1 aromatic rings. The first-order chi connectivity index (χ1) is 10.0. The molecule has 0 saturated heterocycles. The van der Waals surface area contributed by atoms with E-state index in [2.05, 4.69) is 0 Å². The van der Waals surface area contributed by atoms with Crippen LogP contribution in [0.4, 0.5) is 5.69 Å². The number of nitrogens with two attached hydrogens (primary N) is 1. The number of aliphatic hydroxyl groups is 2. The number of benzene rings is 1. The van der Waals surface area contributed by atoms with Crippen LogP contribution in [0.25, 0.3) is 0 Å². The Hall–Kier alpha value is -1.15. The summed E-state index contributed by atoms with van der Waals surface area (Å²) < 4.78 is 25.2. The van der Waals surface area contributed by atoms with Crippen molar-refractivity contribution in [1.29, 1.82) is 0 Å². The molecule has 0 heterocycles. The number of anilines is 1. The van der Waals surface area contributed by atoms with E-state index < -0.39 is 10.0 Å². The molecule has 0 unspecified atom stereocenters. The van der Waals surface area contributed by atoms with Crippen molar-refractivity contribution in [2.45, 2.75) is 32.6 Å². The fraction of sp³-hybridized carbons (Fsp3) is 0.571. The Morgan fingerprint density at radius 2 is 1.33 bits per heavy atom. The van der Waals surface area contributed by atoms with Crippen LogP contribution in [0.1, 0.15) is 27.7 Å². The number of sulfonamides is 1. The number of nitrogen functional groups attached to an aromatic ring is 1. The summed E-state index contributed by atoms with van der Waals surface area (Å²) in [7, 11) is -3.68. The topological polar surface area (TPSA) is 104 Å². The number of nitrogens with zero attached hydrogens (tertiary/aromatic N) is 1. The van der Waals surface area contributed by atoms with Crippen molar-refractivity contribution < 1.29 is 18.6 Å². The highest BCUT2D eigenvalue weighted by Crippen LogP contribution is 2.16. The van der Waals surface area contributed by atoms with Crippen LogP contribution in [0.2, 0.25) is 0 Å². The van der Waals surface area contributed by atoms with E-state index in [4.69, 9.17) is 15.9 Å². The highest BCUT2D eigenvalue weighted by Gasteiger charge is 2.23. The lowest BCUT2D eigenvalue weighted by Crippen LogP contribution is -2.35. The van der Waals surface area contributed by atoms with Crippen molar-refractivity contribution in [2.75, 3.05) is 32.0 Å². The summed E-state index contributed by atoms with van der Waals surface area (Å²) in [6.07, 6.45) is 0. The van der Waals surface area contributed by atoms with Crippen molar-refractivity contribution in [1.82, 2.24) is 4.31 Å². The normalized spacial score (nSPS) is 10.2. The lowest BCUT2D eigenvalue weighted by Gasteiger charge is -2.20. The molecule has 21 heavy (non-hydrogen) atoms. The number of hydrogen-bond acceptors (Lipinski definition) is 5. The van der Waals surface area contributed by atoms with Crippen molar-refractivity contribution in [3.05, 3.63) is 24.3 Å². The van der Waals surface area contributed by atoms with Gasteiger partial charge in [0.15, 0.2) is 0 Å². The van der Waals surface area contributed by atoms with E-state index >= 15 is 0 Å². The molecule has 6 nitrogen and oxygen atoms in total. The lowest BCUT2D eigenvalue weighted by atomic mass is 10.3. The predicted molar refractivity (Wildman–Crippen MR) is 86.5 cm³/mol. The van der Waals surface area contributed by atoms with E-state index in [1.165, 1.54) is 24.3 Å². The van der Waals surface area contributed by atoms with E-state index in [-0.39, 0.29) is 31.2 Å². The molecule has 0 aliphatic rings. The molecule has 124 valence electrons. The fourth-order valence-electron chi connectivity index (χ4n) is 1.36. The molecule has 0 radical (unpaired) electrons. The molecule has 0 aliphatic carbocycles. The molecule has 0 saturated carbocycles. The van der Waals surface area contributed by atoms with Gasteiger partial charge in [0.1, 0.15) is 0 Å². The summed E-state index contributed by atoms with van der Waals surface area (Å²) >= 11 is 0. The van der Waals surface area contributed by atoms with Gasteiger partial charge in [-0.1, -0.05) is 27.7 Å². The fourth-order valence-corrected chi connectivity index (χ4v) is 2.79. The number of rotatable bonds is 6. The van der Waals surface area contributed by atoms with Crippen LogP contribution >= 0.6 is 0 Å². The largest absolute Gasteiger partial charge is 0.399 e. The first-order valence-electron chi connectivity index (χ1n) is 7.09. The minimum absolute atomic E-state index is 0.0483. The Bertz CT molecular complexity index is 441. The van der Waals surface area contributed by atoms with Crippen molar-refractivity contribution in [3.63, 3.8) is 0 Å². The maximum absolute atomic E-state index is 12.1. The van der Waals surface area contributed by atoms with Crippen molar-refractivity contribution in [3.8, 4) is 0 Å². The molecule has 1 rings (SSSR count). The summed E-state index contributed by atoms with van der Waals surface area (Å²) in [4.78, 5) is 0.0913. The maximum Gasteiger partial charge on any atom is 0.243 e. The summed E-state index contributed by atoms with van der Waals surface area (Å²) in [5.74, 6) is 0. The van der Waals surface area contributed by atoms with Gasteiger partial charge in [0.25, 0.3) is 0 Å². The summed E-state index contributed by atoms with van der Waals surface area (Å²) in [5.41, 5.74) is 5.95. The molecule has 4 N–H and O–H groups in total. The average Bonchev–Trinajstić information content (AvgIpc) is 2.51. The van der Waals surface area contributed by atoms with Gasteiger partial charge in [0.05, 0.1) is 18.1 Å². The van der Waals surface area contributed by atoms with Crippen LogP contribution in [-0.2, 0) is 10.0 Å². The summed E-state index contributed by atoms with van der Waals surface area (Å²) in [6.45, 7) is 7.31. The van der Waals surface area contributed by atoms with Gasteiger partial charge < -0.3 is 15.9 Å². The minimum Gasteiger partial charge on any atom is -0.399 e. The third kappa shape index (κ3) is 7.42. The first-order valence-corrected chi connectivity index (χ1v) is 8.54. The minimum atomic E-state index is -3.68. The van der Waals surface area contributed by atoms with Gasteiger partial charge in [-0.15, -0.1) is 0 Å². The van der Waals surface area contributed by atoms with Gasteiger partial charge >= 0.3 is 0 Å². The van der Waals surface area contributed by atoms with E-state index in [1.807, 2.05) is 27.7 Å². The molecule has 0 amide bonds. The molecule has 0 spiro atoms. The molecule has 0 fully saturated rings. The van der Waals surface area contributed by atoms with Crippen LogP contribution in [-0.4, -0.2) is 49.2 Å². The summed E-state index contributed by atoms with van der Waals surface area (Å²) in [5, 5.41) is 17.6. The third-order valence-corrected chi connectivity index (χ3v) is 4.13. The van der Waals surface area contributed by atoms with E-state index in [9.17, 15) is 8.42 Å². The van der Waals surface area contributed by atoms with Crippen LogP contribution < -0.4 is 5.73 Å². The third-order valence-electron chi connectivity index (χ3n) is 2.22. The van der Waals surface area contributed by atoms with Gasteiger partial charge in [-0.2, -0.15) is 4.31 Å². The Morgan fingerprint density at radius 1 is 0.952 bits per heavy atom. The van der Waals surface area contributed by atoms with Crippen LogP contribution in [0, 0.1) is 0 Å². The van der Waals surface area contributed by atoms with Gasteiger partial charge in [0, 0.05) is 18.8 Å². The van der Waals surface area contributed by atoms with E-state index in [0.717, 1.165) is 4.31 Å². The second-order valence-electron chi connectivity index (χ2n) is 3.42. The molecule has 0 aliphatic heterocycles. The number of aliphatic hydroxyl groups excluding tert-OH is 2. The average molecular weight is 320 g/mol. The highest BCUT2D eigenvalue weighted by molar-refractivity contribution is 7.89. The number of hydrogen-bond donors (Lipinski definition) is 3. The second-order valence-corrected chi connectivity index (χ2v) is 5.36. The van der Waals surface area contributed by atoms with Crippen molar-refractivity contribution in [2.24, 2.45) is 0 Å². The van der Waals surface area contributed by atoms with Gasteiger partial charge in [-0.25, -0.2) is 8.42 Å². The molecule has 0 aromatic heterocycles. The quantitative estimate of drug-likeness (QED) is 0.685. The zero-order valence-corrected chi connectivity index (χ0v) is 14.1. The Morgan fingerprint density at radius 3 is 1.67 bits per heavy atom. The van der Waals surface area contributed by atoms with Crippen LogP contribution in [0.3, 0.4) is 0 Å². The molecule has 0 bridgehead atoms. The Labute approximate surface area is 128 Å². The molecular formula is C14H28N2O4S. The monoisotopic (exact) mass is 320 g/mol. The first kappa shape index (κ1) is 22.1.